The van der Waals surface area contributed by atoms with Gasteiger partial charge in [0.1, 0.15) is 6.26 Å². The molecule has 1 aliphatic rings. The minimum absolute atomic E-state index is 0.156. The van der Waals surface area contributed by atoms with Crippen LogP contribution in [0.2, 0.25) is 0 Å². The van der Waals surface area contributed by atoms with Crippen molar-refractivity contribution in [2.75, 3.05) is 13.2 Å². The van der Waals surface area contributed by atoms with Crippen molar-refractivity contribution in [3.8, 4) is 11.5 Å². The quantitative estimate of drug-likeness (QED) is 0.831. The van der Waals surface area contributed by atoms with Crippen LogP contribution in [0.5, 0.6) is 0 Å². The molecule has 2 heterocycles. The van der Waals surface area contributed by atoms with Crippen LogP contribution >= 0.6 is 0 Å². The van der Waals surface area contributed by atoms with E-state index in [1.165, 1.54) is 12.8 Å². The number of aliphatic hydroxyl groups is 1. The zero-order valence-corrected chi connectivity index (χ0v) is 9.95. The van der Waals surface area contributed by atoms with Crippen LogP contribution in [0.1, 0.15) is 18.7 Å². The van der Waals surface area contributed by atoms with Crippen molar-refractivity contribution in [2.45, 2.75) is 25.4 Å². The largest absolute Gasteiger partial charge is 0.472 e. The third-order valence-electron chi connectivity index (χ3n) is 3.03. The van der Waals surface area contributed by atoms with Gasteiger partial charge in [0, 0.05) is 12.6 Å². The fourth-order valence-electron chi connectivity index (χ4n) is 1.96. The Morgan fingerprint density at radius 1 is 1.44 bits per heavy atom. The molecule has 0 atom stereocenters. The SMILES string of the molecule is OCCN(Cc1noc(-c2ccoc2)n1)C1CC1. The second-order valence-corrected chi connectivity index (χ2v) is 4.45. The van der Waals surface area contributed by atoms with Crippen LogP contribution in [0.3, 0.4) is 0 Å². The Morgan fingerprint density at radius 2 is 2.33 bits per heavy atom. The van der Waals surface area contributed by atoms with Crippen molar-refractivity contribution in [1.82, 2.24) is 15.0 Å². The van der Waals surface area contributed by atoms with Gasteiger partial charge >= 0.3 is 0 Å². The van der Waals surface area contributed by atoms with E-state index >= 15 is 0 Å². The van der Waals surface area contributed by atoms with Crippen LogP contribution in [-0.2, 0) is 6.54 Å². The second-order valence-electron chi connectivity index (χ2n) is 4.45. The summed E-state index contributed by atoms with van der Waals surface area (Å²) in [5.74, 6) is 1.12. The van der Waals surface area contributed by atoms with Gasteiger partial charge in [-0.1, -0.05) is 5.16 Å². The lowest BCUT2D eigenvalue weighted by atomic mass is 10.3. The molecule has 96 valence electrons. The third-order valence-corrected chi connectivity index (χ3v) is 3.03. The van der Waals surface area contributed by atoms with Gasteiger partial charge in [-0.15, -0.1) is 0 Å². The van der Waals surface area contributed by atoms with Crippen LogP contribution < -0.4 is 0 Å². The average molecular weight is 249 g/mol. The summed E-state index contributed by atoms with van der Waals surface area (Å²) in [5, 5.41) is 13.0. The van der Waals surface area contributed by atoms with Crippen LogP contribution in [0, 0.1) is 0 Å². The summed E-state index contributed by atoms with van der Waals surface area (Å²) < 4.78 is 10.2. The van der Waals surface area contributed by atoms with E-state index in [1.54, 1.807) is 18.6 Å². The molecule has 18 heavy (non-hydrogen) atoms. The van der Waals surface area contributed by atoms with Crippen molar-refractivity contribution in [3.63, 3.8) is 0 Å². The molecular formula is C12H15N3O3. The Labute approximate surface area is 104 Å². The fourth-order valence-corrected chi connectivity index (χ4v) is 1.96. The van der Waals surface area contributed by atoms with Gasteiger partial charge in [0.2, 0.25) is 0 Å². The third kappa shape index (κ3) is 2.44. The molecule has 0 bridgehead atoms. The molecule has 0 spiro atoms. The normalized spacial score (nSPS) is 15.4. The van der Waals surface area contributed by atoms with Crippen molar-refractivity contribution in [2.24, 2.45) is 0 Å². The maximum atomic E-state index is 9.03. The zero-order chi connectivity index (χ0) is 12.4. The highest BCUT2D eigenvalue weighted by Gasteiger charge is 2.29. The molecule has 0 radical (unpaired) electrons. The van der Waals surface area contributed by atoms with Gasteiger partial charge in [-0.2, -0.15) is 4.98 Å². The van der Waals surface area contributed by atoms with E-state index in [9.17, 15) is 0 Å². The minimum Gasteiger partial charge on any atom is -0.472 e. The molecular weight excluding hydrogens is 234 g/mol. The molecule has 0 unspecified atom stereocenters. The van der Waals surface area contributed by atoms with Crippen molar-refractivity contribution in [1.29, 1.82) is 0 Å². The predicted octanol–water partition coefficient (Wildman–Crippen LogP) is 1.29. The lowest BCUT2D eigenvalue weighted by Crippen LogP contribution is -2.29. The first-order valence-electron chi connectivity index (χ1n) is 6.07. The van der Waals surface area contributed by atoms with Crippen LogP contribution in [-0.4, -0.2) is 39.3 Å². The van der Waals surface area contributed by atoms with Gasteiger partial charge in [-0.25, -0.2) is 0 Å². The number of rotatable bonds is 6. The van der Waals surface area contributed by atoms with E-state index < -0.39 is 0 Å². The molecule has 1 aliphatic carbocycles. The van der Waals surface area contributed by atoms with Gasteiger partial charge in [0.15, 0.2) is 5.82 Å². The molecule has 2 aromatic rings. The Bertz CT molecular complexity index is 490. The number of furan rings is 1. The summed E-state index contributed by atoms with van der Waals surface area (Å²) in [4.78, 5) is 6.51. The van der Waals surface area contributed by atoms with Gasteiger partial charge < -0.3 is 14.0 Å². The second kappa shape index (κ2) is 4.91. The minimum atomic E-state index is 0.156. The molecule has 1 fully saturated rings. The monoisotopic (exact) mass is 249 g/mol. The topological polar surface area (TPSA) is 75.5 Å². The summed E-state index contributed by atoms with van der Waals surface area (Å²) in [7, 11) is 0. The van der Waals surface area contributed by atoms with Crippen LogP contribution in [0.25, 0.3) is 11.5 Å². The number of nitrogens with zero attached hydrogens (tertiary/aromatic N) is 3. The average Bonchev–Trinajstić information content (AvgIpc) is 2.90. The van der Waals surface area contributed by atoms with Crippen molar-refractivity contribution >= 4 is 0 Å². The predicted molar refractivity (Wildman–Crippen MR) is 62.5 cm³/mol. The standard InChI is InChI=1S/C12H15N3O3/c16-5-4-15(10-1-2-10)7-11-13-12(18-14-11)9-3-6-17-8-9/h3,6,8,10,16H,1-2,4-5,7H2. The number of aromatic nitrogens is 2. The van der Waals surface area contributed by atoms with Gasteiger partial charge in [-0.3, -0.25) is 4.90 Å². The van der Waals surface area contributed by atoms with Crippen LogP contribution in [0.4, 0.5) is 0 Å². The summed E-state index contributed by atoms with van der Waals surface area (Å²) in [6, 6.07) is 2.34. The smallest absolute Gasteiger partial charge is 0.261 e. The van der Waals surface area contributed by atoms with Crippen LogP contribution in [0.15, 0.2) is 27.5 Å². The first-order valence-corrected chi connectivity index (χ1v) is 6.07. The molecule has 0 aliphatic heterocycles. The molecule has 0 aromatic carbocycles. The lowest BCUT2D eigenvalue weighted by Gasteiger charge is -2.18. The first-order chi connectivity index (χ1) is 8.86. The fraction of sp³-hybridized carbons (Fsp3) is 0.500. The maximum Gasteiger partial charge on any atom is 0.261 e. The van der Waals surface area contributed by atoms with Gasteiger partial charge in [0.25, 0.3) is 5.89 Å². The Hall–Kier alpha value is -1.66. The number of aliphatic hydroxyl groups excluding tert-OH is 1. The van der Waals surface area contributed by atoms with E-state index in [1.807, 2.05) is 0 Å². The highest BCUT2D eigenvalue weighted by Crippen LogP contribution is 2.27. The van der Waals surface area contributed by atoms with Crippen molar-refractivity contribution in [3.05, 3.63) is 24.4 Å². The zero-order valence-electron chi connectivity index (χ0n) is 9.95. The van der Waals surface area contributed by atoms with E-state index in [4.69, 9.17) is 14.0 Å². The molecule has 1 N–H and O–H groups in total. The van der Waals surface area contributed by atoms with Crippen molar-refractivity contribution < 1.29 is 14.0 Å². The molecule has 2 aromatic heterocycles. The summed E-state index contributed by atoms with van der Waals surface area (Å²) in [6.45, 7) is 1.43. The Kier molecular flexibility index (Phi) is 3.12. The summed E-state index contributed by atoms with van der Waals surface area (Å²) >= 11 is 0. The summed E-state index contributed by atoms with van der Waals surface area (Å²) in [5.41, 5.74) is 0.786. The van der Waals surface area contributed by atoms with Gasteiger partial charge in [-0.05, 0) is 18.9 Å². The summed E-state index contributed by atoms with van der Waals surface area (Å²) in [6.07, 6.45) is 5.52. The molecule has 1 saturated carbocycles. The Morgan fingerprint density at radius 3 is 3.00 bits per heavy atom. The lowest BCUT2D eigenvalue weighted by molar-refractivity contribution is 0.179. The van der Waals surface area contributed by atoms with E-state index in [0.29, 0.717) is 30.8 Å². The number of hydrogen-bond donors (Lipinski definition) is 1. The highest BCUT2D eigenvalue weighted by molar-refractivity contribution is 5.49. The van der Waals surface area contributed by atoms with E-state index in [2.05, 4.69) is 15.0 Å². The van der Waals surface area contributed by atoms with Gasteiger partial charge in [0.05, 0.1) is 25.0 Å². The first kappa shape index (κ1) is 11.4. The molecule has 0 saturated heterocycles. The Balaban J connectivity index is 1.69. The maximum absolute atomic E-state index is 9.03. The molecule has 3 rings (SSSR count). The molecule has 0 amide bonds. The highest BCUT2D eigenvalue weighted by atomic mass is 16.5. The van der Waals surface area contributed by atoms with E-state index in [0.717, 1.165) is 5.56 Å². The number of hydrogen-bond acceptors (Lipinski definition) is 6. The molecule has 6 nitrogen and oxygen atoms in total. The van der Waals surface area contributed by atoms with E-state index in [-0.39, 0.29) is 6.61 Å². The molecule has 6 heteroatoms.